The first-order chi connectivity index (χ1) is 16.2. The van der Waals surface area contributed by atoms with Crippen LogP contribution in [-0.2, 0) is 16.0 Å². The number of pyridine rings is 1. The number of aromatic nitrogens is 3. The van der Waals surface area contributed by atoms with E-state index < -0.39 is 23.9 Å². The highest BCUT2D eigenvalue weighted by atomic mass is 16.4. The molecule has 0 spiro atoms. The van der Waals surface area contributed by atoms with Gasteiger partial charge in [0.2, 0.25) is 5.95 Å². The van der Waals surface area contributed by atoms with E-state index in [1.807, 2.05) is 18.2 Å². The van der Waals surface area contributed by atoms with Gasteiger partial charge in [-0.05, 0) is 54.5 Å². The number of benzene rings is 1. The third-order valence-corrected chi connectivity index (χ3v) is 5.52. The van der Waals surface area contributed by atoms with E-state index in [9.17, 15) is 19.5 Å². The number of carbonyl (C=O) groups is 3. The van der Waals surface area contributed by atoms with Gasteiger partial charge in [-0.1, -0.05) is 19.1 Å². The predicted molar refractivity (Wildman–Crippen MR) is 125 cm³/mol. The van der Waals surface area contributed by atoms with Crippen molar-refractivity contribution in [1.82, 2.24) is 20.3 Å². The zero-order valence-electron chi connectivity index (χ0n) is 18.6. The maximum absolute atomic E-state index is 12.5. The third kappa shape index (κ3) is 5.94. The summed E-state index contributed by atoms with van der Waals surface area (Å²) in [6.45, 7) is 2.05. The Hall–Kier alpha value is -4.28. The van der Waals surface area contributed by atoms with Crippen LogP contribution >= 0.6 is 0 Å². The van der Waals surface area contributed by atoms with E-state index in [0.29, 0.717) is 17.5 Å². The van der Waals surface area contributed by atoms with Crippen LogP contribution in [0.5, 0.6) is 0 Å². The van der Waals surface area contributed by atoms with Crippen molar-refractivity contribution < 1.29 is 24.6 Å². The number of carboxylic acid groups (broad SMARTS) is 2. The van der Waals surface area contributed by atoms with Gasteiger partial charge in [0.15, 0.2) is 5.65 Å². The van der Waals surface area contributed by atoms with Crippen LogP contribution in [0.2, 0.25) is 0 Å². The fourth-order valence-corrected chi connectivity index (χ4v) is 3.66. The lowest BCUT2D eigenvalue weighted by atomic mass is 9.89. The minimum atomic E-state index is -1.28. The molecule has 7 N–H and O–H groups in total. The maximum Gasteiger partial charge on any atom is 0.326 e. The van der Waals surface area contributed by atoms with Crippen LogP contribution in [0.15, 0.2) is 36.5 Å². The number of fused-ring (bicyclic) bond motifs is 1. The summed E-state index contributed by atoms with van der Waals surface area (Å²) in [6.07, 6.45) is 2.66. The summed E-state index contributed by atoms with van der Waals surface area (Å²) >= 11 is 0. The largest absolute Gasteiger partial charge is 0.481 e. The lowest BCUT2D eigenvalue weighted by molar-refractivity contribution is -0.140. The molecule has 178 valence electrons. The molecule has 1 aromatic carbocycles. The molecule has 11 heteroatoms. The number of amides is 1. The highest BCUT2D eigenvalue weighted by Gasteiger charge is 2.22. The van der Waals surface area contributed by atoms with E-state index in [2.05, 4.69) is 27.2 Å². The number of nitrogens with zero attached hydrogens (tertiary/aromatic N) is 3. The van der Waals surface area contributed by atoms with Gasteiger partial charge in [-0.15, -0.1) is 0 Å². The molecule has 2 atom stereocenters. The molecule has 34 heavy (non-hydrogen) atoms. The van der Waals surface area contributed by atoms with Gasteiger partial charge in [-0.3, -0.25) is 9.59 Å². The molecule has 2 aromatic heterocycles. The van der Waals surface area contributed by atoms with Crippen molar-refractivity contribution in [3.8, 4) is 0 Å². The average molecular weight is 466 g/mol. The summed E-state index contributed by atoms with van der Waals surface area (Å²) in [6, 6.07) is 7.50. The first-order valence-electron chi connectivity index (χ1n) is 10.7. The molecule has 0 saturated heterocycles. The molecular formula is C23H26N6O5. The quantitative estimate of drug-likeness (QED) is 0.295. The van der Waals surface area contributed by atoms with E-state index in [1.54, 1.807) is 18.3 Å². The van der Waals surface area contributed by atoms with Gasteiger partial charge < -0.3 is 27.0 Å². The van der Waals surface area contributed by atoms with Gasteiger partial charge in [0, 0.05) is 18.2 Å². The topological polar surface area (TPSA) is 194 Å². The molecule has 0 aliphatic rings. The van der Waals surface area contributed by atoms with Crippen molar-refractivity contribution in [1.29, 1.82) is 0 Å². The molecule has 0 fully saturated rings. The van der Waals surface area contributed by atoms with Gasteiger partial charge in [0.25, 0.3) is 5.91 Å². The van der Waals surface area contributed by atoms with Crippen LogP contribution in [0.4, 0.5) is 11.8 Å². The number of nitrogens with one attached hydrogen (secondary N) is 1. The first kappa shape index (κ1) is 24.4. The second-order valence-electron chi connectivity index (χ2n) is 7.91. The van der Waals surface area contributed by atoms with Crippen molar-refractivity contribution in [2.75, 3.05) is 11.5 Å². The minimum absolute atomic E-state index is 0.0670. The molecule has 0 aliphatic heterocycles. The van der Waals surface area contributed by atoms with Crippen LogP contribution in [0.3, 0.4) is 0 Å². The monoisotopic (exact) mass is 466 g/mol. The van der Waals surface area contributed by atoms with E-state index in [1.165, 1.54) is 0 Å². The Balaban J connectivity index is 1.72. The van der Waals surface area contributed by atoms with E-state index in [4.69, 9.17) is 16.6 Å². The molecular weight excluding hydrogens is 440 g/mol. The maximum atomic E-state index is 12.5. The normalized spacial score (nSPS) is 12.7. The number of rotatable bonds is 10. The van der Waals surface area contributed by atoms with Crippen LogP contribution in [-0.4, -0.2) is 49.1 Å². The van der Waals surface area contributed by atoms with Crippen LogP contribution < -0.4 is 16.8 Å². The van der Waals surface area contributed by atoms with Crippen molar-refractivity contribution in [3.05, 3.63) is 53.2 Å². The smallest absolute Gasteiger partial charge is 0.326 e. The second-order valence-corrected chi connectivity index (χ2v) is 7.91. The standard InChI is InChI=1S/C23H26N6O5/c1-2-13(9-12-10-16-19(24)28-23(25)29-20(16)26-11-12)14-3-5-15(6-4-14)21(32)27-17(22(33)34)7-8-18(30)31/h3-6,10-11,13,17H,2,7-9H2,1H3,(H,27,32)(H,30,31)(H,33,34)(H4,24,25,26,28,29). The molecule has 0 radical (unpaired) electrons. The van der Waals surface area contributed by atoms with Crippen molar-refractivity contribution in [3.63, 3.8) is 0 Å². The predicted octanol–water partition coefficient (Wildman–Crippen LogP) is 1.97. The molecule has 0 aliphatic carbocycles. The molecule has 0 saturated carbocycles. The lowest BCUT2D eigenvalue weighted by Crippen LogP contribution is -2.41. The Morgan fingerprint density at radius 3 is 2.41 bits per heavy atom. The van der Waals surface area contributed by atoms with Gasteiger partial charge in [-0.25, -0.2) is 9.78 Å². The molecule has 0 bridgehead atoms. The molecule has 3 aromatic rings. The number of carbonyl (C=O) groups excluding carboxylic acids is 1. The van der Waals surface area contributed by atoms with Gasteiger partial charge in [0.1, 0.15) is 11.9 Å². The summed E-state index contributed by atoms with van der Waals surface area (Å²) in [5.74, 6) is -2.52. The number of carboxylic acids is 2. The molecule has 2 heterocycles. The van der Waals surface area contributed by atoms with Crippen LogP contribution in [0.25, 0.3) is 11.0 Å². The van der Waals surface area contributed by atoms with Gasteiger partial charge >= 0.3 is 11.9 Å². The minimum Gasteiger partial charge on any atom is -0.481 e. The lowest BCUT2D eigenvalue weighted by Gasteiger charge is -2.17. The average Bonchev–Trinajstić information content (AvgIpc) is 2.80. The zero-order chi connectivity index (χ0) is 24.8. The number of aliphatic carboxylic acids is 2. The number of nitrogen functional groups attached to an aromatic ring is 2. The van der Waals surface area contributed by atoms with Crippen LogP contribution in [0.1, 0.15) is 53.6 Å². The Bertz CT molecular complexity index is 1210. The number of hydrogen-bond acceptors (Lipinski definition) is 8. The van der Waals surface area contributed by atoms with Gasteiger partial charge in [-0.2, -0.15) is 9.97 Å². The second kappa shape index (κ2) is 10.6. The number of anilines is 2. The fourth-order valence-electron chi connectivity index (χ4n) is 3.66. The molecule has 1 amide bonds. The Morgan fingerprint density at radius 1 is 1.09 bits per heavy atom. The van der Waals surface area contributed by atoms with Gasteiger partial charge in [0.05, 0.1) is 5.39 Å². The SMILES string of the molecule is CCC(Cc1cnc2nc(N)nc(N)c2c1)c1ccc(C(=O)NC(CCC(=O)O)C(=O)O)cc1. The number of hydrogen-bond donors (Lipinski definition) is 5. The van der Waals surface area contributed by atoms with Crippen molar-refractivity contribution in [2.45, 2.75) is 44.6 Å². The number of nitrogens with two attached hydrogens (primary N) is 2. The first-order valence-corrected chi connectivity index (χ1v) is 10.7. The molecule has 2 unspecified atom stereocenters. The van der Waals surface area contributed by atoms with Crippen molar-refractivity contribution in [2.24, 2.45) is 0 Å². The van der Waals surface area contributed by atoms with Crippen molar-refractivity contribution >= 4 is 40.6 Å². The highest BCUT2D eigenvalue weighted by molar-refractivity contribution is 5.96. The Kier molecular flexibility index (Phi) is 7.57. The Morgan fingerprint density at radius 2 is 1.79 bits per heavy atom. The summed E-state index contributed by atoms with van der Waals surface area (Å²) in [7, 11) is 0. The third-order valence-electron chi connectivity index (χ3n) is 5.52. The summed E-state index contributed by atoms with van der Waals surface area (Å²) in [4.78, 5) is 46.9. The summed E-state index contributed by atoms with van der Waals surface area (Å²) in [5, 5.41) is 21.0. The molecule has 11 nitrogen and oxygen atoms in total. The van der Waals surface area contributed by atoms with E-state index in [-0.39, 0.29) is 36.1 Å². The summed E-state index contributed by atoms with van der Waals surface area (Å²) in [5.41, 5.74) is 14.2. The highest BCUT2D eigenvalue weighted by Crippen LogP contribution is 2.26. The summed E-state index contributed by atoms with van der Waals surface area (Å²) < 4.78 is 0. The molecule has 3 rings (SSSR count). The van der Waals surface area contributed by atoms with E-state index >= 15 is 0 Å². The fraction of sp³-hybridized carbons (Fsp3) is 0.304. The Labute approximate surface area is 195 Å². The zero-order valence-corrected chi connectivity index (χ0v) is 18.6. The van der Waals surface area contributed by atoms with E-state index in [0.717, 1.165) is 17.5 Å². The van der Waals surface area contributed by atoms with Crippen LogP contribution in [0, 0.1) is 0 Å².